The molecule has 0 radical (unpaired) electrons. The lowest BCUT2D eigenvalue weighted by atomic mass is 10.1. The van der Waals surface area contributed by atoms with Crippen molar-refractivity contribution in [1.29, 1.82) is 0 Å². The molecule has 0 amide bonds. The molecular weight excluding hydrogens is 222 g/mol. The van der Waals surface area contributed by atoms with E-state index in [-0.39, 0.29) is 0 Å². The Bertz CT molecular complexity index is 515. The van der Waals surface area contributed by atoms with Gasteiger partial charge in [-0.1, -0.05) is 24.1 Å². The van der Waals surface area contributed by atoms with Crippen molar-refractivity contribution in [3.63, 3.8) is 0 Å². The van der Waals surface area contributed by atoms with Crippen molar-refractivity contribution in [1.82, 2.24) is 9.97 Å². The van der Waals surface area contributed by atoms with Crippen LogP contribution in [0.5, 0.6) is 0 Å². The maximum Gasteiger partial charge on any atom is 0.145 e. The van der Waals surface area contributed by atoms with E-state index < -0.39 is 0 Å². The van der Waals surface area contributed by atoms with E-state index in [1.807, 2.05) is 6.20 Å². The van der Waals surface area contributed by atoms with Crippen LogP contribution in [0, 0.1) is 13.8 Å². The summed E-state index contributed by atoms with van der Waals surface area (Å²) in [5, 5.41) is 3.26. The number of rotatable bonds is 4. The van der Waals surface area contributed by atoms with Crippen LogP contribution >= 0.6 is 0 Å². The molecule has 0 atom stereocenters. The summed E-state index contributed by atoms with van der Waals surface area (Å²) in [6, 6.07) is 6.44. The van der Waals surface area contributed by atoms with Gasteiger partial charge < -0.3 is 5.32 Å². The number of nitrogens with one attached hydrogen (secondary N) is 1. The third kappa shape index (κ3) is 3.06. The molecule has 94 valence electrons. The van der Waals surface area contributed by atoms with Gasteiger partial charge in [0, 0.05) is 12.1 Å². The van der Waals surface area contributed by atoms with Crippen molar-refractivity contribution in [2.45, 2.75) is 27.2 Å². The van der Waals surface area contributed by atoms with Crippen LogP contribution in [0.25, 0.3) is 11.3 Å². The summed E-state index contributed by atoms with van der Waals surface area (Å²) in [5.41, 5.74) is 4.54. The van der Waals surface area contributed by atoms with Gasteiger partial charge in [0.1, 0.15) is 5.82 Å². The quantitative estimate of drug-likeness (QED) is 0.889. The highest BCUT2D eigenvalue weighted by Gasteiger charge is 2.03. The summed E-state index contributed by atoms with van der Waals surface area (Å²) in [6.45, 7) is 7.26. The van der Waals surface area contributed by atoms with Crippen LogP contribution in [0.2, 0.25) is 0 Å². The summed E-state index contributed by atoms with van der Waals surface area (Å²) in [7, 11) is 0. The van der Waals surface area contributed by atoms with E-state index in [0.29, 0.717) is 0 Å². The lowest BCUT2D eigenvalue weighted by molar-refractivity contribution is 0.965. The molecule has 1 aromatic heterocycles. The Morgan fingerprint density at radius 2 is 1.78 bits per heavy atom. The minimum atomic E-state index is 0.841. The highest BCUT2D eigenvalue weighted by Crippen LogP contribution is 2.20. The van der Waals surface area contributed by atoms with Gasteiger partial charge >= 0.3 is 0 Å². The smallest absolute Gasteiger partial charge is 0.145 e. The average molecular weight is 241 g/mol. The number of aromatic nitrogens is 2. The molecule has 0 fully saturated rings. The zero-order valence-electron chi connectivity index (χ0n) is 11.2. The first-order valence-electron chi connectivity index (χ1n) is 6.33. The molecule has 0 spiro atoms. The maximum atomic E-state index is 4.59. The van der Waals surface area contributed by atoms with Crippen LogP contribution in [0.3, 0.4) is 0 Å². The van der Waals surface area contributed by atoms with E-state index in [2.05, 4.69) is 54.3 Å². The van der Waals surface area contributed by atoms with Gasteiger partial charge in [-0.05, 0) is 32.4 Å². The van der Waals surface area contributed by atoms with Gasteiger partial charge in [-0.25, -0.2) is 4.98 Å². The predicted octanol–water partition coefficient (Wildman–Crippen LogP) is 3.58. The van der Waals surface area contributed by atoms with E-state index >= 15 is 0 Å². The number of aryl methyl sites for hydroxylation is 2. The minimum absolute atomic E-state index is 0.841. The fourth-order valence-corrected chi connectivity index (χ4v) is 1.97. The zero-order valence-corrected chi connectivity index (χ0v) is 11.2. The van der Waals surface area contributed by atoms with Gasteiger partial charge in [0.25, 0.3) is 0 Å². The molecule has 0 aliphatic rings. The minimum Gasteiger partial charge on any atom is -0.369 e. The lowest BCUT2D eigenvalue weighted by Crippen LogP contribution is -2.03. The van der Waals surface area contributed by atoms with E-state index in [0.717, 1.165) is 30.0 Å². The second kappa shape index (κ2) is 5.63. The molecule has 0 aliphatic carbocycles. The molecule has 2 aromatic rings. The van der Waals surface area contributed by atoms with Crippen LogP contribution in [0.4, 0.5) is 5.82 Å². The topological polar surface area (TPSA) is 37.8 Å². The Morgan fingerprint density at radius 1 is 1.06 bits per heavy atom. The van der Waals surface area contributed by atoms with Crippen molar-refractivity contribution in [3.8, 4) is 11.3 Å². The van der Waals surface area contributed by atoms with Crippen molar-refractivity contribution >= 4 is 5.82 Å². The van der Waals surface area contributed by atoms with E-state index in [9.17, 15) is 0 Å². The number of hydrogen-bond donors (Lipinski definition) is 1. The van der Waals surface area contributed by atoms with Crippen molar-refractivity contribution in [3.05, 3.63) is 41.7 Å². The molecule has 0 aliphatic heterocycles. The SMILES string of the molecule is CCCNc1cncc(-c2cc(C)cc(C)c2)n1. The molecule has 18 heavy (non-hydrogen) atoms. The third-order valence-electron chi connectivity index (χ3n) is 2.71. The van der Waals surface area contributed by atoms with Gasteiger partial charge in [0.2, 0.25) is 0 Å². The van der Waals surface area contributed by atoms with E-state index in [4.69, 9.17) is 0 Å². The van der Waals surface area contributed by atoms with Crippen LogP contribution in [-0.2, 0) is 0 Å². The Balaban J connectivity index is 2.32. The van der Waals surface area contributed by atoms with Crippen LogP contribution in [0.1, 0.15) is 24.5 Å². The molecule has 1 heterocycles. The molecular formula is C15H19N3. The number of benzene rings is 1. The zero-order chi connectivity index (χ0) is 13.0. The number of anilines is 1. The Kier molecular flexibility index (Phi) is 3.92. The summed E-state index contributed by atoms with van der Waals surface area (Å²) in [5.74, 6) is 0.841. The molecule has 2 rings (SSSR count). The second-order valence-corrected chi connectivity index (χ2v) is 4.59. The molecule has 1 aromatic carbocycles. The first-order valence-corrected chi connectivity index (χ1v) is 6.33. The predicted molar refractivity (Wildman–Crippen MR) is 75.7 cm³/mol. The summed E-state index contributed by atoms with van der Waals surface area (Å²) in [4.78, 5) is 8.84. The summed E-state index contributed by atoms with van der Waals surface area (Å²) >= 11 is 0. The van der Waals surface area contributed by atoms with E-state index in [1.54, 1.807) is 6.20 Å². The molecule has 0 bridgehead atoms. The number of hydrogen-bond acceptors (Lipinski definition) is 3. The highest BCUT2D eigenvalue weighted by atomic mass is 15.0. The fraction of sp³-hybridized carbons (Fsp3) is 0.333. The second-order valence-electron chi connectivity index (χ2n) is 4.59. The van der Waals surface area contributed by atoms with Gasteiger partial charge in [0.15, 0.2) is 0 Å². The molecule has 3 nitrogen and oxygen atoms in total. The fourth-order valence-electron chi connectivity index (χ4n) is 1.97. The number of nitrogens with zero attached hydrogens (tertiary/aromatic N) is 2. The van der Waals surface area contributed by atoms with Crippen LogP contribution < -0.4 is 5.32 Å². The Morgan fingerprint density at radius 3 is 2.44 bits per heavy atom. The van der Waals surface area contributed by atoms with Crippen LogP contribution in [0.15, 0.2) is 30.6 Å². The Hall–Kier alpha value is -1.90. The van der Waals surface area contributed by atoms with Crippen molar-refractivity contribution in [2.75, 3.05) is 11.9 Å². The molecule has 3 heteroatoms. The van der Waals surface area contributed by atoms with E-state index in [1.165, 1.54) is 11.1 Å². The molecule has 1 N–H and O–H groups in total. The third-order valence-corrected chi connectivity index (χ3v) is 2.71. The first-order chi connectivity index (χ1) is 8.69. The lowest BCUT2D eigenvalue weighted by Gasteiger charge is -2.07. The van der Waals surface area contributed by atoms with Crippen molar-refractivity contribution in [2.24, 2.45) is 0 Å². The maximum absolute atomic E-state index is 4.59. The summed E-state index contributed by atoms with van der Waals surface area (Å²) in [6.07, 6.45) is 4.66. The molecule has 0 saturated carbocycles. The normalized spacial score (nSPS) is 10.4. The monoisotopic (exact) mass is 241 g/mol. The summed E-state index contributed by atoms with van der Waals surface area (Å²) < 4.78 is 0. The van der Waals surface area contributed by atoms with Crippen LogP contribution in [-0.4, -0.2) is 16.5 Å². The molecule has 0 unspecified atom stereocenters. The largest absolute Gasteiger partial charge is 0.369 e. The highest BCUT2D eigenvalue weighted by molar-refractivity contribution is 5.61. The van der Waals surface area contributed by atoms with Gasteiger partial charge in [-0.15, -0.1) is 0 Å². The standard InChI is InChI=1S/C15H19N3/c1-4-5-17-15-10-16-9-14(18-15)13-7-11(2)6-12(3)8-13/h6-10H,4-5H2,1-3H3,(H,17,18). The first kappa shape index (κ1) is 12.6. The van der Waals surface area contributed by atoms with Gasteiger partial charge in [-0.2, -0.15) is 0 Å². The molecule has 0 saturated heterocycles. The van der Waals surface area contributed by atoms with Gasteiger partial charge in [-0.3, -0.25) is 4.98 Å². The van der Waals surface area contributed by atoms with Crippen molar-refractivity contribution < 1.29 is 0 Å². The average Bonchev–Trinajstić information content (AvgIpc) is 2.35. The Labute approximate surface area is 108 Å². The van der Waals surface area contributed by atoms with Gasteiger partial charge in [0.05, 0.1) is 18.1 Å².